The summed E-state index contributed by atoms with van der Waals surface area (Å²) in [7, 11) is 0. The fourth-order valence-corrected chi connectivity index (χ4v) is 4.94. The van der Waals surface area contributed by atoms with Crippen molar-refractivity contribution in [2.24, 2.45) is 0 Å². The van der Waals surface area contributed by atoms with Gasteiger partial charge in [-0.25, -0.2) is 0 Å². The lowest BCUT2D eigenvalue weighted by Crippen LogP contribution is -1.97. The molecular formula is C34H54O2. The Kier molecular flexibility index (Phi) is 17.8. The third-order valence-corrected chi connectivity index (χ3v) is 7.32. The lowest BCUT2D eigenvalue weighted by Gasteiger charge is -2.08. The first kappa shape index (κ1) is 30.3. The van der Waals surface area contributed by atoms with Crippen molar-refractivity contribution >= 4 is 0 Å². The molecule has 0 heterocycles. The molecule has 0 aliphatic carbocycles. The van der Waals surface area contributed by atoms with E-state index in [1.165, 1.54) is 122 Å². The van der Waals surface area contributed by atoms with E-state index in [1.54, 1.807) is 12.1 Å². The minimum absolute atomic E-state index is 0.300. The molecule has 36 heavy (non-hydrogen) atoms. The van der Waals surface area contributed by atoms with Crippen LogP contribution in [0.25, 0.3) is 11.1 Å². The molecule has 0 radical (unpaired) electrons. The fraction of sp³-hybridized carbons (Fsp3) is 0.647. The Morgan fingerprint density at radius 3 is 1.17 bits per heavy atom. The van der Waals surface area contributed by atoms with Gasteiger partial charge in [-0.1, -0.05) is 153 Å². The SMILES string of the molecule is CCCCCCCCCCCCCCCCCCCCCCOc1ccc(-c2ccc(O)cc2)cc1. The first-order chi connectivity index (χ1) is 17.8. The van der Waals surface area contributed by atoms with Crippen LogP contribution < -0.4 is 4.74 Å². The number of phenolic OH excluding ortho intramolecular Hbond substituents is 1. The van der Waals surface area contributed by atoms with Gasteiger partial charge in [-0.2, -0.15) is 0 Å². The van der Waals surface area contributed by atoms with Crippen LogP contribution in [0.5, 0.6) is 11.5 Å². The topological polar surface area (TPSA) is 29.5 Å². The van der Waals surface area contributed by atoms with E-state index in [0.717, 1.165) is 29.9 Å². The highest BCUT2D eigenvalue weighted by Crippen LogP contribution is 2.24. The standard InChI is InChI=1S/C34H54O2/c1-2-3-4-5-6-7-8-9-10-11-12-13-14-15-16-17-18-19-20-21-30-36-34-28-24-32(25-29-34)31-22-26-33(35)27-23-31/h22-29,35H,2-21,30H2,1H3. The second-order valence-electron chi connectivity index (χ2n) is 10.6. The van der Waals surface area contributed by atoms with Gasteiger partial charge >= 0.3 is 0 Å². The van der Waals surface area contributed by atoms with Crippen LogP contribution in [0.1, 0.15) is 135 Å². The molecule has 0 saturated heterocycles. The zero-order valence-corrected chi connectivity index (χ0v) is 23.3. The molecule has 0 unspecified atom stereocenters. The molecule has 202 valence electrons. The van der Waals surface area contributed by atoms with Gasteiger partial charge in [0.15, 0.2) is 0 Å². The lowest BCUT2D eigenvalue weighted by molar-refractivity contribution is 0.304. The molecule has 0 saturated carbocycles. The largest absolute Gasteiger partial charge is 0.508 e. The predicted octanol–water partition coefficient (Wildman–Crippen LogP) is 11.3. The molecule has 2 rings (SSSR count). The average Bonchev–Trinajstić information content (AvgIpc) is 2.90. The van der Waals surface area contributed by atoms with Crippen molar-refractivity contribution < 1.29 is 9.84 Å². The Balaban J connectivity index is 1.30. The number of rotatable bonds is 23. The van der Waals surface area contributed by atoms with Crippen molar-refractivity contribution in [3.63, 3.8) is 0 Å². The zero-order valence-electron chi connectivity index (χ0n) is 23.3. The molecule has 2 nitrogen and oxygen atoms in total. The molecule has 2 aromatic carbocycles. The smallest absolute Gasteiger partial charge is 0.119 e. The molecule has 0 fully saturated rings. The van der Waals surface area contributed by atoms with Crippen LogP contribution in [0, 0.1) is 0 Å². The summed E-state index contributed by atoms with van der Waals surface area (Å²) in [5, 5.41) is 9.42. The number of hydrogen-bond donors (Lipinski definition) is 1. The summed E-state index contributed by atoms with van der Waals surface area (Å²) in [5.41, 5.74) is 2.24. The average molecular weight is 495 g/mol. The second kappa shape index (κ2) is 21.2. The summed E-state index contributed by atoms with van der Waals surface area (Å²) in [5.74, 6) is 1.24. The fourth-order valence-electron chi connectivity index (χ4n) is 4.94. The third kappa shape index (κ3) is 15.2. The van der Waals surface area contributed by atoms with Gasteiger partial charge in [-0.05, 0) is 41.8 Å². The van der Waals surface area contributed by atoms with E-state index in [4.69, 9.17) is 4.74 Å². The van der Waals surface area contributed by atoms with E-state index in [1.807, 2.05) is 24.3 Å². The van der Waals surface area contributed by atoms with Crippen molar-refractivity contribution in [3.8, 4) is 22.6 Å². The Bertz CT molecular complexity index is 735. The number of phenols is 1. The molecule has 2 aromatic rings. The van der Waals surface area contributed by atoms with Crippen molar-refractivity contribution in [2.45, 2.75) is 135 Å². The summed E-state index contributed by atoms with van der Waals surface area (Å²) in [6.07, 6.45) is 28.2. The van der Waals surface area contributed by atoms with E-state index in [-0.39, 0.29) is 0 Å². The van der Waals surface area contributed by atoms with E-state index < -0.39 is 0 Å². The van der Waals surface area contributed by atoms with E-state index in [0.29, 0.717) is 5.75 Å². The summed E-state index contributed by atoms with van der Waals surface area (Å²) in [4.78, 5) is 0. The van der Waals surface area contributed by atoms with E-state index in [2.05, 4.69) is 19.1 Å². The molecule has 1 N–H and O–H groups in total. The van der Waals surface area contributed by atoms with Gasteiger partial charge in [0, 0.05) is 0 Å². The Morgan fingerprint density at radius 2 is 0.778 bits per heavy atom. The normalized spacial score (nSPS) is 11.1. The summed E-state index contributed by atoms with van der Waals surface area (Å²) >= 11 is 0. The molecule has 0 aliphatic heterocycles. The molecule has 0 aromatic heterocycles. The Hall–Kier alpha value is -1.96. The van der Waals surface area contributed by atoms with Crippen molar-refractivity contribution in [2.75, 3.05) is 6.61 Å². The van der Waals surface area contributed by atoms with Gasteiger partial charge < -0.3 is 9.84 Å². The van der Waals surface area contributed by atoms with E-state index >= 15 is 0 Å². The number of ether oxygens (including phenoxy) is 1. The molecule has 0 atom stereocenters. The van der Waals surface area contributed by atoms with Crippen LogP contribution in [0.4, 0.5) is 0 Å². The van der Waals surface area contributed by atoms with Crippen LogP contribution in [0.2, 0.25) is 0 Å². The molecular weight excluding hydrogens is 440 g/mol. The highest BCUT2D eigenvalue weighted by atomic mass is 16.5. The predicted molar refractivity (Wildman–Crippen MR) is 157 cm³/mol. The maximum absolute atomic E-state index is 9.42. The number of unbranched alkanes of at least 4 members (excludes halogenated alkanes) is 19. The van der Waals surface area contributed by atoms with Crippen LogP contribution in [-0.2, 0) is 0 Å². The summed E-state index contributed by atoms with van der Waals surface area (Å²) in [6.45, 7) is 3.10. The van der Waals surface area contributed by atoms with Gasteiger partial charge in [0.25, 0.3) is 0 Å². The second-order valence-corrected chi connectivity index (χ2v) is 10.6. The highest BCUT2D eigenvalue weighted by molar-refractivity contribution is 5.64. The van der Waals surface area contributed by atoms with Crippen LogP contribution in [0.15, 0.2) is 48.5 Å². The first-order valence-corrected chi connectivity index (χ1v) is 15.3. The lowest BCUT2D eigenvalue weighted by atomic mass is 10.0. The zero-order chi connectivity index (χ0) is 25.5. The van der Waals surface area contributed by atoms with Gasteiger partial charge in [0.2, 0.25) is 0 Å². The van der Waals surface area contributed by atoms with Crippen LogP contribution >= 0.6 is 0 Å². The van der Waals surface area contributed by atoms with Gasteiger partial charge in [-0.3, -0.25) is 0 Å². The summed E-state index contributed by atoms with van der Waals surface area (Å²) in [6, 6.07) is 15.6. The maximum atomic E-state index is 9.42. The van der Waals surface area contributed by atoms with Crippen molar-refractivity contribution in [1.82, 2.24) is 0 Å². The van der Waals surface area contributed by atoms with Gasteiger partial charge in [-0.15, -0.1) is 0 Å². The molecule has 0 bridgehead atoms. The Labute approximate surface area is 222 Å². The van der Waals surface area contributed by atoms with Crippen molar-refractivity contribution in [1.29, 1.82) is 0 Å². The van der Waals surface area contributed by atoms with Gasteiger partial charge in [0.1, 0.15) is 11.5 Å². The van der Waals surface area contributed by atoms with Gasteiger partial charge in [0.05, 0.1) is 6.61 Å². The Morgan fingerprint density at radius 1 is 0.444 bits per heavy atom. The minimum atomic E-state index is 0.300. The van der Waals surface area contributed by atoms with Crippen LogP contribution in [-0.4, -0.2) is 11.7 Å². The number of aromatic hydroxyl groups is 1. The minimum Gasteiger partial charge on any atom is -0.508 e. The maximum Gasteiger partial charge on any atom is 0.119 e. The number of hydrogen-bond acceptors (Lipinski definition) is 2. The van der Waals surface area contributed by atoms with Crippen LogP contribution in [0.3, 0.4) is 0 Å². The first-order valence-electron chi connectivity index (χ1n) is 15.3. The highest BCUT2D eigenvalue weighted by Gasteiger charge is 2.00. The monoisotopic (exact) mass is 494 g/mol. The molecule has 0 aliphatic rings. The molecule has 2 heteroatoms. The quantitative estimate of drug-likeness (QED) is 0.156. The van der Waals surface area contributed by atoms with Crippen molar-refractivity contribution in [3.05, 3.63) is 48.5 Å². The molecule has 0 amide bonds. The van der Waals surface area contributed by atoms with E-state index in [9.17, 15) is 5.11 Å². The third-order valence-electron chi connectivity index (χ3n) is 7.32. The summed E-state index contributed by atoms with van der Waals surface area (Å²) < 4.78 is 5.91. The number of benzene rings is 2. The molecule has 0 spiro atoms.